The fourth-order valence-corrected chi connectivity index (χ4v) is 6.71. The van der Waals surface area contributed by atoms with E-state index in [4.69, 9.17) is 4.74 Å². The first-order valence-electron chi connectivity index (χ1n) is 11.6. The van der Waals surface area contributed by atoms with Crippen LogP contribution in [0.25, 0.3) is 0 Å². The minimum absolute atomic E-state index is 0.0903. The smallest absolute Gasteiger partial charge is 0.407 e. The van der Waals surface area contributed by atoms with Gasteiger partial charge >= 0.3 is 6.09 Å². The van der Waals surface area contributed by atoms with Gasteiger partial charge in [0, 0.05) is 24.7 Å². The Hall–Kier alpha value is -2.05. The fraction of sp³-hybridized carbons (Fsp3) is 0.783. The fourth-order valence-electron chi connectivity index (χ4n) is 6.71. The molecule has 164 valence electrons. The number of hydrogen-bond donors (Lipinski definition) is 2. The van der Waals surface area contributed by atoms with Gasteiger partial charge in [-0.25, -0.2) is 4.79 Å². The Labute approximate surface area is 179 Å². The second-order valence-electron chi connectivity index (χ2n) is 11.2. The van der Waals surface area contributed by atoms with Crippen LogP contribution in [0.1, 0.15) is 65.7 Å². The molecule has 1 aromatic rings. The number of carbonyl (C=O) groups excluding carboxylic acids is 1. The summed E-state index contributed by atoms with van der Waals surface area (Å²) in [6, 6.07) is 2.23. The van der Waals surface area contributed by atoms with E-state index in [0.717, 1.165) is 48.8 Å². The lowest BCUT2D eigenvalue weighted by atomic mass is 9.53. The number of carbonyl (C=O) groups is 1. The molecule has 1 atom stereocenters. The van der Waals surface area contributed by atoms with Crippen molar-refractivity contribution in [2.24, 2.45) is 17.8 Å². The Morgan fingerprint density at radius 2 is 1.83 bits per heavy atom. The SMILES string of the molecule is CC(C)(C)OC(=O)N[C@@H]1CCN(c2cnnc(NC34CC5CC(CC(C5)C3)C4)c2)C1. The first-order chi connectivity index (χ1) is 14.3. The summed E-state index contributed by atoms with van der Waals surface area (Å²) in [6.45, 7) is 7.31. The van der Waals surface area contributed by atoms with Crippen LogP contribution in [0.15, 0.2) is 12.3 Å². The predicted molar refractivity (Wildman–Crippen MR) is 117 cm³/mol. The highest BCUT2D eigenvalue weighted by Gasteiger charge is 2.51. The molecule has 5 fully saturated rings. The molecule has 0 spiro atoms. The van der Waals surface area contributed by atoms with E-state index in [-0.39, 0.29) is 17.7 Å². The average Bonchev–Trinajstić information content (AvgIpc) is 3.07. The Bertz CT molecular complexity index is 770. The summed E-state index contributed by atoms with van der Waals surface area (Å²) in [5.74, 6) is 3.60. The number of nitrogens with zero attached hydrogens (tertiary/aromatic N) is 3. The van der Waals surface area contributed by atoms with Crippen molar-refractivity contribution in [1.82, 2.24) is 15.5 Å². The summed E-state index contributed by atoms with van der Waals surface area (Å²) in [4.78, 5) is 14.4. The quantitative estimate of drug-likeness (QED) is 0.778. The number of nitrogens with one attached hydrogen (secondary N) is 2. The molecule has 1 amide bonds. The summed E-state index contributed by atoms with van der Waals surface area (Å²) in [7, 11) is 0. The maximum atomic E-state index is 12.1. The first kappa shape index (κ1) is 19.9. The Morgan fingerprint density at radius 3 is 2.47 bits per heavy atom. The molecule has 0 radical (unpaired) electrons. The Morgan fingerprint density at radius 1 is 1.17 bits per heavy atom. The van der Waals surface area contributed by atoms with E-state index < -0.39 is 5.60 Å². The van der Waals surface area contributed by atoms with Gasteiger partial charge in [-0.2, -0.15) is 5.10 Å². The van der Waals surface area contributed by atoms with Crippen molar-refractivity contribution in [2.45, 2.75) is 82.9 Å². The van der Waals surface area contributed by atoms with Crippen LogP contribution in [0.4, 0.5) is 16.3 Å². The van der Waals surface area contributed by atoms with Gasteiger partial charge < -0.3 is 20.3 Å². The van der Waals surface area contributed by atoms with Crippen LogP contribution in [-0.4, -0.2) is 46.6 Å². The second kappa shape index (κ2) is 7.27. The summed E-state index contributed by atoms with van der Waals surface area (Å²) >= 11 is 0. The lowest BCUT2D eigenvalue weighted by Gasteiger charge is -2.57. The molecule has 4 bridgehead atoms. The van der Waals surface area contributed by atoms with Crippen LogP contribution in [0.3, 0.4) is 0 Å². The molecule has 30 heavy (non-hydrogen) atoms. The molecule has 6 rings (SSSR count). The van der Waals surface area contributed by atoms with Crippen LogP contribution in [0, 0.1) is 17.8 Å². The molecule has 0 unspecified atom stereocenters. The zero-order valence-electron chi connectivity index (χ0n) is 18.5. The van der Waals surface area contributed by atoms with Gasteiger partial charge in [0.05, 0.1) is 17.9 Å². The number of ether oxygens (including phenoxy) is 1. The molecular formula is C23H35N5O2. The zero-order chi connectivity index (χ0) is 20.9. The second-order valence-corrected chi connectivity index (χ2v) is 11.2. The maximum absolute atomic E-state index is 12.1. The van der Waals surface area contributed by atoms with Crippen LogP contribution in [0.2, 0.25) is 0 Å². The average molecular weight is 414 g/mol. The van der Waals surface area contributed by atoms with Crippen molar-refractivity contribution >= 4 is 17.6 Å². The summed E-state index contributed by atoms with van der Waals surface area (Å²) in [5, 5.41) is 15.5. The van der Waals surface area contributed by atoms with Crippen LogP contribution in [0.5, 0.6) is 0 Å². The summed E-state index contributed by atoms with van der Waals surface area (Å²) in [6.07, 6.45) is 10.6. The number of alkyl carbamates (subject to hydrolysis) is 1. The molecular weight excluding hydrogens is 378 g/mol. The first-order valence-corrected chi connectivity index (χ1v) is 11.6. The largest absolute Gasteiger partial charge is 0.444 e. The molecule has 1 aromatic heterocycles. The van der Waals surface area contributed by atoms with E-state index in [0.29, 0.717) is 0 Å². The Balaban J connectivity index is 1.21. The third-order valence-electron chi connectivity index (χ3n) is 7.35. The number of rotatable bonds is 4. The van der Waals surface area contributed by atoms with E-state index in [9.17, 15) is 4.79 Å². The molecule has 7 heteroatoms. The molecule has 7 nitrogen and oxygen atoms in total. The van der Waals surface area contributed by atoms with Gasteiger partial charge in [-0.05, 0) is 83.5 Å². The highest BCUT2D eigenvalue weighted by Crippen LogP contribution is 2.56. The van der Waals surface area contributed by atoms with E-state index in [1.165, 1.54) is 38.5 Å². The number of amides is 1. The van der Waals surface area contributed by atoms with E-state index in [1.807, 2.05) is 27.0 Å². The van der Waals surface area contributed by atoms with E-state index >= 15 is 0 Å². The van der Waals surface area contributed by atoms with Gasteiger partial charge in [0.2, 0.25) is 0 Å². The van der Waals surface area contributed by atoms with Crippen molar-refractivity contribution in [3.8, 4) is 0 Å². The van der Waals surface area contributed by atoms with Crippen molar-refractivity contribution in [3.05, 3.63) is 12.3 Å². The van der Waals surface area contributed by atoms with Gasteiger partial charge in [-0.3, -0.25) is 0 Å². The zero-order valence-corrected chi connectivity index (χ0v) is 18.5. The lowest BCUT2D eigenvalue weighted by molar-refractivity contribution is 0.0105. The molecule has 5 aliphatic rings. The maximum Gasteiger partial charge on any atom is 0.407 e. The molecule has 0 aromatic carbocycles. The molecule has 1 saturated heterocycles. The number of aromatic nitrogens is 2. The van der Waals surface area contributed by atoms with Crippen LogP contribution < -0.4 is 15.5 Å². The van der Waals surface area contributed by atoms with Crippen LogP contribution >= 0.6 is 0 Å². The van der Waals surface area contributed by atoms with Crippen molar-refractivity contribution in [1.29, 1.82) is 0 Å². The third kappa shape index (κ3) is 4.21. The summed E-state index contributed by atoms with van der Waals surface area (Å²) < 4.78 is 5.39. The number of hydrogen-bond acceptors (Lipinski definition) is 6. The van der Waals surface area contributed by atoms with Gasteiger partial charge in [-0.1, -0.05) is 0 Å². The van der Waals surface area contributed by atoms with E-state index in [1.54, 1.807) is 0 Å². The standard InChI is InChI=1S/C23H35N5O2/c1-22(2,3)30-21(29)25-18-4-5-28(14-18)19-9-20(27-24-13-19)26-23-10-15-6-16(11-23)8-17(7-15)12-23/h9,13,15-18H,4-8,10-12,14H2,1-3H3,(H,25,29)(H,26,27)/t15?,16?,17?,18-,23?/m1/s1. The highest BCUT2D eigenvalue weighted by atomic mass is 16.6. The van der Waals surface area contributed by atoms with Gasteiger partial charge in [0.1, 0.15) is 5.60 Å². The van der Waals surface area contributed by atoms with E-state index in [2.05, 4.69) is 31.8 Å². The van der Waals surface area contributed by atoms with Gasteiger partial charge in [0.15, 0.2) is 5.82 Å². The van der Waals surface area contributed by atoms with Crippen LogP contribution in [-0.2, 0) is 4.74 Å². The summed E-state index contributed by atoms with van der Waals surface area (Å²) in [5.41, 5.74) is 0.828. The Kier molecular flexibility index (Phi) is 4.82. The molecule has 2 heterocycles. The highest BCUT2D eigenvalue weighted by molar-refractivity contribution is 5.68. The normalized spacial score (nSPS) is 34.8. The van der Waals surface area contributed by atoms with Gasteiger partial charge in [0.25, 0.3) is 0 Å². The predicted octanol–water partition coefficient (Wildman–Crippen LogP) is 3.96. The molecule has 1 aliphatic heterocycles. The van der Waals surface area contributed by atoms with Crippen molar-refractivity contribution in [2.75, 3.05) is 23.3 Å². The third-order valence-corrected chi connectivity index (χ3v) is 7.35. The topological polar surface area (TPSA) is 79.4 Å². The molecule has 4 saturated carbocycles. The van der Waals surface area contributed by atoms with Crippen molar-refractivity contribution < 1.29 is 9.53 Å². The van der Waals surface area contributed by atoms with Crippen molar-refractivity contribution in [3.63, 3.8) is 0 Å². The molecule has 4 aliphatic carbocycles. The number of anilines is 2. The molecule has 2 N–H and O–H groups in total. The lowest BCUT2D eigenvalue weighted by Crippen LogP contribution is -2.54. The van der Waals surface area contributed by atoms with Gasteiger partial charge in [-0.15, -0.1) is 5.10 Å². The minimum Gasteiger partial charge on any atom is -0.444 e. The monoisotopic (exact) mass is 413 g/mol. The minimum atomic E-state index is -0.477.